The van der Waals surface area contributed by atoms with E-state index in [2.05, 4.69) is 20.6 Å². The molecule has 8 heteroatoms. The van der Waals surface area contributed by atoms with Gasteiger partial charge in [0.2, 0.25) is 5.13 Å². The molecule has 1 aromatic heterocycles. The molecule has 0 saturated heterocycles. The predicted octanol–water partition coefficient (Wildman–Crippen LogP) is 4.32. The van der Waals surface area contributed by atoms with Crippen molar-refractivity contribution < 1.29 is 4.79 Å². The van der Waals surface area contributed by atoms with Crippen LogP contribution >= 0.6 is 23.1 Å². The van der Waals surface area contributed by atoms with Gasteiger partial charge in [0.1, 0.15) is 0 Å². The predicted molar refractivity (Wildman–Crippen MR) is 114 cm³/mol. The Labute approximate surface area is 171 Å². The molecule has 4 rings (SSSR count). The van der Waals surface area contributed by atoms with Crippen molar-refractivity contribution in [2.45, 2.75) is 17.7 Å². The molecule has 1 aliphatic rings. The number of nitrogens with zero attached hydrogens (tertiary/aromatic N) is 4. The van der Waals surface area contributed by atoms with Crippen molar-refractivity contribution in [2.75, 3.05) is 17.6 Å². The highest BCUT2D eigenvalue weighted by Gasteiger charge is 2.22. The molecule has 2 aromatic carbocycles. The Morgan fingerprint density at radius 2 is 1.93 bits per heavy atom. The molecule has 28 heavy (non-hydrogen) atoms. The summed E-state index contributed by atoms with van der Waals surface area (Å²) in [6.07, 6.45) is 0.782. The van der Waals surface area contributed by atoms with Crippen LogP contribution in [0.3, 0.4) is 0 Å². The minimum Gasteiger partial charge on any atom is -0.330 e. The van der Waals surface area contributed by atoms with Gasteiger partial charge in [0.05, 0.1) is 18.0 Å². The highest BCUT2D eigenvalue weighted by atomic mass is 32.2. The van der Waals surface area contributed by atoms with E-state index in [4.69, 9.17) is 0 Å². The summed E-state index contributed by atoms with van der Waals surface area (Å²) in [6, 6.07) is 18.1. The van der Waals surface area contributed by atoms with E-state index < -0.39 is 0 Å². The maximum absolute atomic E-state index is 12.5. The molecule has 0 aliphatic carbocycles. The summed E-state index contributed by atoms with van der Waals surface area (Å²) < 4.78 is 0.759. The lowest BCUT2D eigenvalue weighted by atomic mass is 10.1. The number of benzene rings is 2. The monoisotopic (exact) mass is 409 g/mol. The van der Waals surface area contributed by atoms with Crippen LogP contribution in [0.4, 0.5) is 10.8 Å². The summed E-state index contributed by atoms with van der Waals surface area (Å²) in [5, 5.41) is 18.3. The first-order chi connectivity index (χ1) is 13.7. The van der Waals surface area contributed by atoms with Gasteiger partial charge in [-0.3, -0.25) is 4.79 Å². The summed E-state index contributed by atoms with van der Waals surface area (Å²) in [4.78, 5) is 12.5. The van der Waals surface area contributed by atoms with E-state index in [0.717, 1.165) is 27.7 Å². The van der Waals surface area contributed by atoms with E-state index in [-0.39, 0.29) is 5.91 Å². The van der Waals surface area contributed by atoms with Crippen molar-refractivity contribution in [2.24, 2.45) is 5.10 Å². The number of aromatic nitrogens is 2. The first-order valence-corrected chi connectivity index (χ1v) is 10.7. The summed E-state index contributed by atoms with van der Waals surface area (Å²) in [5.41, 5.74) is 4.20. The molecule has 0 bridgehead atoms. The van der Waals surface area contributed by atoms with Gasteiger partial charge in [-0.1, -0.05) is 71.1 Å². The lowest BCUT2D eigenvalue weighted by Gasteiger charge is -2.09. The first-order valence-electron chi connectivity index (χ1n) is 8.90. The maximum atomic E-state index is 12.5. The third-order valence-corrected chi connectivity index (χ3v) is 6.18. The third-order valence-electron chi connectivity index (χ3n) is 4.23. The highest BCUT2D eigenvalue weighted by Crippen LogP contribution is 2.28. The second-order valence-corrected chi connectivity index (χ2v) is 8.53. The second kappa shape index (κ2) is 8.53. The molecular formula is C20H19N5OS2. The van der Waals surface area contributed by atoms with Crippen molar-refractivity contribution in [1.29, 1.82) is 0 Å². The van der Waals surface area contributed by atoms with E-state index in [1.54, 1.807) is 5.01 Å². The van der Waals surface area contributed by atoms with E-state index in [9.17, 15) is 4.79 Å². The van der Waals surface area contributed by atoms with Gasteiger partial charge in [0.25, 0.3) is 5.91 Å². The van der Waals surface area contributed by atoms with E-state index in [0.29, 0.717) is 17.4 Å². The zero-order chi connectivity index (χ0) is 19.3. The largest absolute Gasteiger partial charge is 0.330 e. The number of carbonyl (C=O) groups excluding carboxylic acids is 1. The normalized spacial score (nSPS) is 13.5. The number of carbonyl (C=O) groups is 1. The van der Waals surface area contributed by atoms with Crippen LogP contribution in [0.15, 0.2) is 64.0 Å². The van der Waals surface area contributed by atoms with Crippen LogP contribution in [0.25, 0.3) is 0 Å². The van der Waals surface area contributed by atoms with Crippen LogP contribution in [0.2, 0.25) is 0 Å². The molecule has 1 N–H and O–H groups in total. The molecule has 142 valence electrons. The van der Waals surface area contributed by atoms with E-state index in [1.165, 1.54) is 28.7 Å². The Morgan fingerprint density at radius 3 is 2.71 bits per heavy atom. The molecule has 0 radical (unpaired) electrons. The maximum Gasteiger partial charge on any atom is 0.253 e. The average molecular weight is 410 g/mol. The van der Waals surface area contributed by atoms with Gasteiger partial charge in [0, 0.05) is 12.1 Å². The number of hydrogen-bond acceptors (Lipinski definition) is 7. The van der Waals surface area contributed by atoms with Crippen molar-refractivity contribution >= 4 is 45.5 Å². The Balaban J connectivity index is 1.31. The lowest BCUT2D eigenvalue weighted by molar-refractivity contribution is -0.127. The summed E-state index contributed by atoms with van der Waals surface area (Å²) in [5.74, 6) is 0.282. The molecule has 2 heterocycles. The van der Waals surface area contributed by atoms with Crippen molar-refractivity contribution in [3.63, 3.8) is 0 Å². The zero-order valence-corrected chi connectivity index (χ0v) is 17.0. The average Bonchev–Trinajstić information content (AvgIpc) is 3.38. The number of thioether (sulfide) groups is 1. The molecule has 1 amide bonds. The minimum atomic E-state index is -0.0147. The molecule has 0 spiro atoms. The Hall–Kier alpha value is -2.71. The Bertz CT molecular complexity index is 985. The van der Waals surface area contributed by atoms with Crippen molar-refractivity contribution in [3.05, 3.63) is 65.7 Å². The fourth-order valence-corrected chi connectivity index (χ4v) is 4.39. The highest BCUT2D eigenvalue weighted by molar-refractivity contribution is 8.01. The molecule has 0 atom stereocenters. The number of anilines is 2. The fourth-order valence-electron chi connectivity index (χ4n) is 2.75. The van der Waals surface area contributed by atoms with Crippen LogP contribution in [0.1, 0.15) is 17.5 Å². The smallest absolute Gasteiger partial charge is 0.253 e. The molecule has 0 unspecified atom stereocenters. The molecule has 6 nitrogen and oxygen atoms in total. The van der Waals surface area contributed by atoms with Gasteiger partial charge in [-0.05, 0) is 24.6 Å². The van der Waals surface area contributed by atoms with Gasteiger partial charge >= 0.3 is 0 Å². The fraction of sp³-hybridized carbons (Fsp3) is 0.200. The van der Waals surface area contributed by atoms with Gasteiger partial charge in [-0.15, -0.1) is 10.2 Å². The van der Waals surface area contributed by atoms with E-state index in [1.807, 2.05) is 61.5 Å². The molecule has 1 aliphatic heterocycles. The second-order valence-electron chi connectivity index (χ2n) is 6.33. The van der Waals surface area contributed by atoms with Crippen LogP contribution in [0, 0.1) is 6.92 Å². The molecule has 0 saturated carbocycles. The van der Waals surface area contributed by atoms with Crippen LogP contribution in [-0.2, 0) is 4.79 Å². The number of hydrazone groups is 1. The number of rotatable bonds is 6. The SMILES string of the molecule is Cc1ccc(Nc2nnc(SCC(=O)N3CCC(c4ccccc4)=N3)s2)cc1. The van der Waals surface area contributed by atoms with Gasteiger partial charge in [-0.2, -0.15) is 5.10 Å². The molecular weight excluding hydrogens is 390 g/mol. The summed E-state index contributed by atoms with van der Waals surface area (Å²) in [6.45, 7) is 2.67. The number of nitrogens with one attached hydrogen (secondary N) is 1. The number of amides is 1. The first kappa shape index (κ1) is 18.6. The molecule has 0 fully saturated rings. The van der Waals surface area contributed by atoms with E-state index >= 15 is 0 Å². The standard InChI is InChI=1S/C20H19N5OS2/c1-14-7-9-16(10-8-14)21-19-22-23-20(28-19)27-13-18(26)25-12-11-17(24-25)15-5-3-2-4-6-15/h2-10H,11-13H2,1H3,(H,21,22). The van der Waals surface area contributed by atoms with Gasteiger partial charge in [-0.25, -0.2) is 5.01 Å². The lowest BCUT2D eigenvalue weighted by Crippen LogP contribution is -2.25. The number of aryl methyl sites for hydroxylation is 1. The minimum absolute atomic E-state index is 0.0147. The van der Waals surface area contributed by atoms with Crippen LogP contribution < -0.4 is 5.32 Å². The summed E-state index contributed by atoms with van der Waals surface area (Å²) in [7, 11) is 0. The van der Waals surface area contributed by atoms with Crippen molar-refractivity contribution in [1.82, 2.24) is 15.2 Å². The Morgan fingerprint density at radius 1 is 1.14 bits per heavy atom. The quantitative estimate of drug-likeness (QED) is 0.614. The van der Waals surface area contributed by atoms with Gasteiger partial charge < -0.3 is 5.32 Å². The number of hydrogen-bond donors (Lipinski definition) is 1. The van der Waals surface area contributed by atoms with Crippen molar-refractivity contribution in [3.8, 4) is 0 Å². The topological polar surface area (TPSA) is 70.5 Å². The molecule has 3 aromatic rings. The summed E-state index contributed by atoms with van der Waals surface area (Å²) >= 11 is 2.83. The third kappa shape index (κ3) is 4.58. The van der Waals surface area contributed by atoms with Crippen LogP contribution in [0.5, 0.6) is 0 Å². The van der Waals surface area contributed by atoms with Gasteiger partial charge in [0.15, 0.2) is 4.34 Å². The van der Waals surface area contributed by atoms with Crippen LogP contribution in [-0.4, -0.2) is 39.1 Å². The zero-order valence-electron chi connectivity index (χ0n) is 15.3. The Kier molecular flexibility index (Phi) is 5.68.